The van der Waals surface area contributed by atoms with Crippen LogP contribution >= 0.6 is 0 Å². The van der Waals surface area contributed by atoms with Gasteiger partial charge in [-0.25, -0.2) is 4.79 Å². The molecule has 146 valence electrons. The van der Waals surface area contributed by atoms with Crippen molar-refractivity contribution in [2.24, 2.45) is 5.92 Å². The van der Waals surface area contributed by atoms with Crippen molar-refractivity contribution in [1.82, 2.24) is 5.32 Å². The minimum Gasteiger partial charge on any atom is -0.464 e. The third-order valence-corrected chi connectivity index (χ3v) is 5.17. The Labute approximate surface area is 154 Å². The average molecular weight is 354 g/mol. The third kappa shape index (κ3) is 10.5. The van der Waals surface area contributed by atoms with Crippen LogP contribution in [0.4, 0.5) is 0 Å². The molecule has 1 unspecified atom stereocenters. The minimum absolute atomic E-state index is 0.0369. The van der Waals surface area contributed by atoms with Gasteiger partial charge in [-0.05, 0) is 25.2 Å². The Hall–Kier alpha value is -1.06. The number of carbonyl (C=O) groups excluding carboxylic acids is 2. The van der Waals surface area contributed by atoms with E-state index in [9.17, 15) is 9.59 Å². The fourth-order valence-electron chi connectivity index (χ4n) is 3.48. The van der Waals surface area contributed by atoms with Crippen LogP contribution in [0.2, 0.25) is 0 Å². The highest BCUT2D eigenvalue weighted by Crippen LogP contribution is 2.20. The van der Waals surface area contributed by atoms with Gasteiger partial charge in [-0.3, -0.25) is 4.79 Å². The Bertz CT molecular complexity index is 370. The molecule has 0 aromatic rings. The highest BCUT2D eigenvalue weighted by molar-refractivity contribution is 5.88. The van der Waals surface area contributed by atoms with Gasteiger partial charge in [0.1, 0.15) is 6.04 Å². The second kappa shape index (κ2) is 14.1. The van der Waals surface area contributed by atoms with Gasteiger partial charge in [-0.1, -0.05) is 78.1 Å². The van der Waals surface area contributed by atoms with Crippen LogP contribution in [0.1, 0.15) is 104 Å². The van der Waals surface area contributed by atoms with Crippen LogP contribution in [0.3, 0.4) is 0 Å². The van der Waals surface area contributed by atoms with Gasteiger partial charge in [-0.15, -0.1) is 0 Å². The summed E-state index contributed by atoms with van der Waals surface area (Å²) >= 11 is 0. The molecule has 0 aliphatic carbocycles. The minimum atomic E-state index is -0.415. The molecule has 1 aliphatic rings. The summed E-state index contributed by atoms with van der Waals surface area (Å²) in [5, 5.41) is 2.70. The zero-order valence-electron chi connectivity index (χ0n) is 16.5. The van der Waals surface area contributed by atoms with E-state index in [-0.39, 0.29) is 11.9 Å². The molecule has 0 aromatic heterocycles. The summed E-state index contributed by atoms with van der Waals surface area (Å²) in [6.45, 7) is 4.99. The van der Waals surface area contributed by atoms with Crippen LogP contribution in [0.15, 0.2) is 0 Å². The van der Waals surface area contributed by atoms with Crippen LogP contribution < -0.4 is 5.32 Å². The number of esters is 1. The quantitative estimate of drug-likeness (QED) is 0.327. The number of carbonyl (C=O) groups is 2. The molecular formula is C21H39NO3. The van der Waals surface area contributed by atoms with E-state index in [0.29, 0.717) is 25.4 Å². The van der Waals surface area contributed by atoms with E-state index in [1.165, 1.54) is 64.2 Å². The van der Waals surface area contributed by atoms with Gasteiger partial charge in [0.05, 0.1) is 6.61 Å². The van der Waals surface area contributed by atoms with Gasteiger partial charge >= 0.3 is 5.97 Å². The van der Waals surface area contributed by atoms with E-state index in [1.54, 1.807) is 0 Å². The third-order valence-electron chi connectivity index (χ3n) is 5.17. The van der Waals surface area contributed by atoms with E-state index in [4.69, 9.17) is 4.74 Å². The predicted molar refractivity (Wildman–Crippen MR) is 102 cm³/mol. The molecule has 0 radical (unpaired) electrons. The maximum atomic E-state index is 12.1. The highest BCUT2D eigenvalue weighted by atomic mass is 16.5. The van der Waals surface area contributed by atoms with Gasteiger partial charge in [0.15, 0.2) is 0 Å². The second-order valence-corrected chi connectivity index (χ2v) is 7.56. The van der Waals surface area contributed by atoms with Gasteiger partial charge in [0, 0.05) is 6.42 Å². The average Bonchev–Trinajstić information content (AvgIpc) is 3.05. The normalized spacial score (nSPS) is 18.2. The molecule has 1 amide bonds. The topological polar surface area (TPSA) is 55.4 Å². The molecule has 0 spiro atoms. The lowest BCUT2D eigenvalue weighted by atomic mass is 9.95. The maximum Gasteiger partial charge on any atom is 0.328 e. The van der Waals surface area contributed by atoms with Crippen molar-refractivity contribution in [3.05, 3.63) is 0 Å². The molecule has 1 saturated heterocycles. The summed E-state index contributed by atoms with van der Waals surface area (Å²) in [6.07, 6.45) is 16.2. The van der Waals surface area contributed by atoms with Crippen LogP contribution in [0.5, 0.6) is 0 Å². The van der Waals surface area contributed by atoms with Crippen LogP contribution in [-0.2, 0) is 14.3 Å². The first kappa shape index (κ1) is 22.0. The molecule has 4 nitrogen and oxygen atoms in total. The number of nitrogens with one attached hydrogen (secondary N) is 1. The van der Waals surface area contributed by atoms with Gasteiger partial charge in [-0.2, -0.15) is 0 Å². The Kier molecular flexibility index (Phi) is 12.4. The smallest absolute Gasteiger partial charge is 0.328 e. The monoisotopic (exact) mass is 353 g/mol. The largest absolute Gasteiger partial charge is 0.464 e. The number of unbranched alkanes of at least 4 members (excludes halogenated alkanes) is 8. The first-order valence-corrected chi connectivity index (χ1v) is 10.6. The van der Waals surface area contributed by atoms with Gasteiger partial charge in [0.2, 0.25) is 5.91 Å². The predicted octanol–water partition coefficient (Wildman–Crippen LogP) is 5.15. The Morgan fingerprint density at radius 1 is 1.00 bits per heavy atom. The molecule has 1 rings (SSSR count). The van der Waals surface area contributed by atoms with E-state index in [2.05, 4.69) is 19.2 Å². The van der Waals surface area contributed by atoms with E-state index in [1.807, 2.05) is 0 Å². The first-order chi connectivity index (χ1) is 12.2. The summed E-state index contributed by atoms with van der Waals surface area (Å²) < 4.78 is 5.54. The molecule has 1 N–H and O–H groups in total. The van der Waals surface area contributed by atoms with Crippen LogP contribution in [0.25, 0.3) is 0 Å². The molecule has 1 heterocycles. The molecule has 0 aromatic carbocycles. The number of ether oxygens (including phenoxy) is 1. The zero-order valence-corrected chi connectivity index (χ0v) is 16.5. The molecule has 1 fully saturated rings. The van der Waals surface area contributed by atoms with E-state index >= 15 is 0 Å². The van der Waals surface area contributed by atoms with E-state index in [0.717, 1.165) is 12.8 Å². The number of rotatable bonds is 15. The molecule has 25 heavy (non-hydrogen) atoms. The Morgan fingerprint density at radius 3 is 2.12 bits per heavy atom. The molecule has 1 aliphatic heterocycles. The lowest BCUT2D eigenvalue weighted by Crippen LogP contribution is -2.35. The SMILES string of the molecule is CCCCCCCCC(CCCCCC)COC(=O)[C@@H]1CCC(=O)N1. The summed E-state index contributed by atoms with van der Waals surface area (Å²) in [4.78, 5) is 23.3. The number of amides is 1. The fourth-order valence-corrected chi connectivity index (χ4v) is 3.48. The number of hydrogen-bond acceptors (Lipinski definition) is 3. The maximum absolute atomic E-state index is 12.1. The van der Waals surface area contributed by atoms with Crippen molar-refractivity contribution in [2.75, 3.05) is 6.61 Å². The van der Waals surface area contributed by atoms with Crippen LogP contribution in [-0.4, -0.2) is 24.5 Å². The molecule has 2 atom stereocenters. The van der Waals surface area contributed by atoms with Crippen molar-refractivity contribution in [2.45, 2.75) is 110 Å². The van der Waals surface area contributed by atoms with Crippen molar-refractivity contribution in [1.29, 1.82) is 0 Å². The summed E-state index contributed by atoms with van der Waals surface area (Å²) in [5.41, 5.74) is 0. The lowest BCUT2D eigenvalue weighted by Gasteiger charge is -2.18. The lowest BCUT2D eigenvalue weighted by molar-refractivity contribution is -0.148. The van der Waals surface area contributed by atoms with Crippen molar-refractivity contribution < 1.29 is 14.3 Å². The summed E-state index contributed by atoms with van der Waals surface area (Å²) in [6, 6.07) is -0.415. The Morgan fingerprint density at radius 2 is 1.56 bits per heavy atom. The van der Waals surface area contributed by atoms with Crippen molar-refractivity contribution >= 4 is 11.9 Å². The highest BCUT2D eigenvalue weighted by Gasteiger charge is 2.28. The summed E-state index contributed by atoms with van der Waals surface area (Å²) in [7, 11) is 0. The first-order valence-electron chi connectivity index (χ1n) is 10.6. The van der Waals surface area contributed by atoms with Gasteiger partial charge in [0.25, 0.3) is 0 Å². The molecule has 0 saturated carbocycles. The Balaban J connectivity index is 2.25. The van der Waals surface area contributed by atoms with Crippen molar-refractivity contribution in [3.8, 4) is 0 Å². The zero-order chi connectivity index (χ0) is 18.3. The molecule has 0 bridgehead atoms. The standard InChI is InChI=1S/C21H39NO3/c1-3-5-7-9-10-12-14-18(13-11-8-6-4-2)17-25-21(24)19-15-16-20(23)22-19/h18-19H,3-17H2,1-2H3,(H,22,23)/t18?,19-/m0/s1. The molecule has 4 heteroatoms. The fraction of sp³-hybridized carbons (Fsp3) is 0.905. The molecular weight excluding hydrogens is 314 g/mol. The second-order valence-electron chi connectivity index (χ2n) is 7.56. The van der Waals surface area contributed by atoms with Crippen molar-refractivity contribution in [3.63, 3.8) is 0 Å². The van der Waals surface area contributed by atoms with E-state index < -0.39 is 6.04 Å². The van der Waals surface area contributed by atoms with Gasteiger partial charge < -0.3 is 10.1 Å². The number of hydrogen-bond donors (Lipinski definition) is 1. The van der Waals surface area contributed by atoms with Crippen LogP contribution in [0, 0.1) is 5.92 Å². The summed E-state index contributed by atoms with van der Waals surface area (Å²) in [5.74, 6) is 0.196.